The summed E-state index contributed by atoms with van der Waals surface area (Å²) in [5, 5.41) is 8.68. The molecule has 0 bridgehead atoms. The van der Waals surface area contributed by atoms with Gasteiger partial charge < -0.3 is 20.1 Å². The summed E-state index contributed by atoms with van der Waals surface area (Å²) in [4.78, 5) is 24.4. The number of carbonyl (C=O) groups excluding carboxylic acids is 2. The Morgan fingerprint density at radius 1 is 1.27 bits per heavy atom. The van der Waals surface area contributed by atoms with Gasteiger partial charge in [0.1, 0.15) is 6.61 Å². The number of carbonyl (C=O) groups is 2. The van der Waals surface area contributed by atoms with E-state index in [0.29, 0.717) is 12.3 Å². The van der Waals surface area contributed by atoms with Gasteiger partial charge in [0.2, 0.25) is 5.91 Å². The molecule has 2 aromatic rings. The third kappa shape index (κ3) is 6.04. The number of nitrogens with one attached hydrogen (secondary N) is 2. The van der Waals surface area contributed by atoms with Gasteiger partial charge in [-0.3, -0.25) is 14.3 Å². The molecule has 1 aliphatic heterocycles. The van der Waals surface area contributed by atoms with Gasteiger partial charge in [0.25, 0.3) is 5.91 Å². The number of aryl methyl sites for hydroxylation is 1. The molecule has 11 heteroatoms. The summed E-state index contributed by atoms with van der Waals surface area (Å²) < 4.78 is 51.8. The molecular formula is C19H21F3N4O4. The van der Waals surface area contributed by atoms with E-state index in [-0.39, 0.29) is 30.6 Å². The topological polar surface area (TPSA) is 94.5 Å². The van der Waals surface area contributed by atoms with Crippen LogP contribution >= 0.6 is 0 Å². The van der Waals surface area contributed by atoms with E-state index >= 15 is 0 Å². The maximum Gasteiger partial charge on any atom is 0.416 e. The fourth-order valence-corrected chi connectivity index (χ4v) is 2.94. The first-order valence-corrected chi connectivity index (χ1v) is 9.22. The lowest BCUT2D eigenvalue weighted by Crippen LogP contribution is -2.23. The minimum atomic E-state index is -4.69. The highest BCUT2D eigenvalue weighted by atomic mass is 19.4. The largest absolute Gasteiger partial charge is 0.416 e. The van der Waals surface area contributed by atoms with Crippen LogP contribution in [0.3, 0.4) is 0 Å². The van der Waals surface area contributed by atoms with Crippen molar-refractivity contribution in [1.82, 2.24) is 9.78 Å². The number of hydrogen-bond acceptors (Lipinski definition) is 5. The Morgan fingerprint density at radius 3 is 2.70 bits per heavy atom. The van der Waals surface area contributed by atoms with Crippen LogP contribution in [0.15, 0.2) is 30.6 Å². The van der Waals surface area contributed by atoms with E-state index in [9.17, 15) is 22.8 Å². The minimum absolute atomic E-state index is 0.0749. The van der Waals surface area contributed by atoms with Crippen LogP contribution in [0.5, 0.6) is 0 Å². The van der Waals surface area contributed by atoms with Crippen LogP contribution in [0, 0.1) is 0 Å². The number of nitrogens with zero attached hydrogens (tertiary/aromatic N) is 2. The first-order valence-electron chi connectivity index (χ1n) is 9.22. The van der Waals surface area contributed by atoms with Gasteiger partial charge in [-0.1, -0.05) is 0 Å². The number of amides is 2. The second-order valence-corrected chi connectivity index (χ2v) is 6.85. The lowest BCUT2D eigenvalue weighted by molar-refractivity contribution is -0.137. The molecule has 0 aliphatic carbocycles. The Hall–Kier alpha value is -2.92. The Kier molecular flexibility index (Phi) is 6.73. The molecule has 162 valence electrons. The van der Waals surface area contributed by atoms with Crippen molar-refractivity contribution in [3.05, 3.63) is 41.7 Å². The summed E-state index contributed by atoms with van der Waals surface area (Å²) in [7, 11) is 1.63. The van der Waals surface area contributed by atoms with Crippen LogP contribution in [0.25, 0.3) is 0 Å². The van der Waals surface area contributed by atoms with Crippen molar-refractivity contribution in [3.63, 3.8) is 0 Å². The molecule has 1 fully saturated rings. The van der Waals surface area contributed by atoms with E-state index in [1.807, 2.05) is 0 Å². The summed E-state index contributed by atoms with van der Waals surface area (Å²) in [5.41, 5.74) is -1.15. The first kappa shape index (κ1) is 21.8. The van der Waals surface area contributed by atoms with E-state index < -0.39 is 23.6 Å². The van der Waals surface area contributed by atoms with E-state index in [2.05, 4.69) is 15.7 Å². The molecular weight excluding hydrogens is 405 g/mol. The van der Waals surface area contributed by atoms with Crippen LogP contribution < -0.4 is 10.6 Å². The molecule has 1 saturated heterocycles. The van der Waals surface area contributed by atoms with Crippen molar-refractivity contribution in [3.8, 4) is 0 Å². The third-order valence-electron chi connectivity index (χ3n) is 4.33. The van der Waals surface area contributed by atoms with Crippen molar-refractivity contribution >= 4 is 23.2 Å². The molecule has 1 atom stereocenters. The molecule has 30 heavy (non-hydrogen) atoms. The summed E-state index contributed by atoms with van der Waals surface area (Å²) in [6.45, 7) is 0.538. The van der Waals surface area contributed by atoms with Crippen LogP contribution in [0.4, 0.5) is 24.5 Å². The monoisotopic (exact) mass is 426 g/mol. The van der Waals surface area contributed by atoms with Gasteiger partial charge in [0.15, 0.2) is 0 Å². The van der Waals surface area contributed by atoms with Gasteiger partial charge >= 0.3 is 6.18 Å². The summed E-state index contributed by atoms with van der Waals surface area (Å²) in [6.07, 6.45) is -0.146. The number of halogens is 3. The van der Waals surface area contributed by atoms with Crippen molar-refractivity contribution in [2.24, 2.45) is 7.05 Å². The molecule has 0 radical (unpaired) electrons. The predicted molar refractivity (Wildman–Crippen MR) is 101 cm³/mol. The van der Waals surface area contributed by atoms with Gasteiger partial charge in [-0.15, -0.1) is 0 Å². The maximum absolute atomic E-state index is 13.3. The number of hydrogen-bond donors (Lipinski definition) is 2. The lowest BCUT2D eigenvalue weighted by atomic mass is 10.1. The molecule has 1 unspecified atom stereocenters. The average molecular weight is 426 g/mol. The van der Waals surface area contributed by atoms with Crippen molar-refractivity contribution in [1.29, 1.82) is 0 Å². The number of alkyl halides is 3. The minimum Gasteiger partial charge on any atom is -0.376 e. The molecule has 1 aromatic heterocycles. The summed E-state index contributed by atoms with van der Waals surface area (Å²) in [6, 6.07) is 2.65. The van der Waals surface area contributed by atoms with E-state index in [0.717, 1.165) is 25.0 Å². The molecule has 2 N–H and O–H groups in total. The lowest BCUT2D eigenvalue weighted by Gasteiger charge is -2.14. The number of aromatic nitrogens is 2. The zero-order chi connectivity index (χ0) is 21.7. The maximum atomic E-state index is 13.3. The third-order valence-corrected chi connectivity index (χ3v) is 4.33. The Bertz CT molecular complexity index is 907. The van der Waals surface area contributed by atoms with E-state index in [4.69, 9.17) is 9.47 Å². The zero-order valence-corrected chi connectivity index (χ0v) is 16.2. The van der Waals surface area contributed by atoms with Crippen molar-refractivity contribution in [2.45, 2.75) is 25.1 Å². The quantitative estimate of drug-likeness (QED) is 0.710. The number of ether oxygens (including phenoxy) is 2. The zero-order valence-electron chi connectivity index (χ0n) is 16.2. The standard InChI is InChI=1S/C19H21F3N4O4/c1-26-9-15(8-23-26)25-18(28)12-5-13(19(20,21)22)7-14(6-12)24-17(27)11-29-10-16-3-2-4-30-16/h5-9,16H,2-4,10-11H2,1H3,(H,24,27)(H,25,28). The Balaban J connectivity index is 1.68. The van der Waals surface area contributed by atoms with Gasteiger partial charge in [-0.2, -0.15) is 18.3 Å². The number of rotatable bonds is 7. The highest BCUT2D eigenvalue weighted by Crippen LogP contribution is 2.32. The second kappa shape index (κ2) is 9.26. The van der Waals surface area contributed by atoms with Crippen LogP contribution in [0.2, 0.25) is 0 Å². The first-order chi connectivity index (χ1) is 14.2. The highest BCUT2D eigenvalue weighted by molar-refractivity contribution is 6.05. The van der Waals surface area contributed by atoms with Crippen LogP contribution in [-0.4, -0.2) is 47.5 Å². The summed E-state index contributed by atoms with van der Waals surface area (Å²) >= 11 is 0. The highest BCUT2D eigenvalue weighted by Gasteiger charge is 2.32. The van der Waals surface area contributed by atoms with Gasteiger partial charge in [0.05, 0.1) is 30.2 Å². The average Bonchev–Trinajstić information content (AvgIpc) is 3.32. The summed E-state index contributed by atoms with van der Waals surface area (Å²) in [5.74, 6) is -1.40. The Morgan fingerprint density at radius 2 is 2.07 bits per heavy atom. The number of benzene rings is 1. The molecule has 0 spiro atoms. The molecule has 1 aromatic carbocycles. The second-order valence-electron chi connectivity index (χ2n) is 6.85. The smallest absolute Gasteiger partial charge is 0.376 e. The molecule has 3 rings (SSSR count). The SMILES string of the molecule is Cn1cc(NC(=O)c2cc(NC(=O)COCC3CCCO3)cc(C(F)(F)F)c2)cn1. The molecule has 0 saturated carbocycles. The van der Waals surface area contributed by atoms with Crippen molar-refractivity contribution < 1.29 is 32.2 Å². The van der Waals surface area contributed by atoms with Crippen LogP contribution in [0.1, 0.15) is 28.8 Å². The van der Waals surface area contributed by atoms with Gasteiger partial charge in [-0.05, 0) is 31.0 Å². The Labute approximate surface area is 170 Å². The van der Waals surface area contributed by atoms with Gasteiger partial charge in [0, 0.05) is 31.1 Å². The normalized spacial score (nSPS) is 16.5. The fourth-order valence-electron chi connectivity index (χ4n) is 2.94. The van der Waals surface area contributed by atoms with Crippen LogP contribution in [-0.2, 0) is 27.5 Å². The molecule has 2 heterocycles. The van der Waals surface area contributed by atoms with E-state index in [1.165, 1.54) is 23.1 Å². The fraction of sp³-hybridized carbons (Fsp3) is 0.421. The van der Waals surface area contributed by atoms with Crippen molar-refractivity contribution in [2.75, 3.05) is 30.5 Å². The van der Waals surface area contributed by atoms with E-state index in [1.54, 1.807) is 7.05 Å². The molecule has 1 aliphatic rings. The molecule has 2 amide bonds. The number of anilines is 2. The van der Waals surface area contributed by atoms with Gasteiger partial charge in [-0.25, -0.2) is 0 Å². The molecule has 8 nitrogen and oxygen atoms in total. The predicted octanol–water partition coefficient (Wildman–Crippen LogP) is 2.83.